The van der Waals surface area contributed by atoms with Gasteiger partial charge >= 0.3 is 0 Å². The third-order valence-electron chi connectivity index (χ3n) is 3.54. The van der Waals surface area contributed by atoms with E-state index in [-0.39, 0.29) is 6.61 Å². The number of anilines is 1. The van der Waals surface area contributed by atoms with Gasteiger partial charge in [0.25, 0.3) is 5.71 Å². The zero-order valence-electron chi connectivity index (χ0n) is 13.8. The van der Waals surface area contributed by atoms with Crippen LogP contribution >= 0.6 is 0 Å². The van der Waals surface area contributed by atoms with Gasteiger partial charge in [-0.25, -0.2) is 9.97 Å². The van der Waals surface area contributed by atoms with E-state index in [9.17, 15) is 5.11 Å². The minimum atomic E-state index is 0.00742. The minimum Gasteiger partial charge on any atom is -0.494 e. The zero-order chi connectivity index (χ0) is 16.9. The first kappa shape index (κ1) is 16.2. The van der Waals surface area contributed by atoms with Crippen LogP contribution in [-0.2, 0) is 6.54 Å². The number of fused-ring (bicyclic) bond motifs is 1. The van der Waals surface area contributed by atoms with E-state index >= 15 is 0 Å². The molecule has 0 saturated heterocycles. The largest absolute Gasteiger partial charge is 0.494 e. The van der Waals surface area contributed by atoms with E-state index in [2.05, 4.69) is 15.0 Å². The lowest BCUT2D eigenvalue weighted by Gasteiger charge is -2.23. The van der Waals surface area contributed by atoms with E-state index in [0.717, 1.165) is 11.3 Å². The number of aromatic nitrogens is 3. The van der Waals surface area contributed by atoms with Gasteiger partial charge in [-0.2, -0.15) is 4.98 Å². The van der Waals surface area contributed by atoms with Crippen LogP contribution in [0.25, 0.3) is 11.2 Å². The maximum Gasteiger partial charge on any atom is 0.252 e. The first-order chi connectivity index (χ1) is 11.7. The van der Waals surface area contributed by atoms with Gasteiger partial charge in [-0.15, -0.1) is 0 Å². The minimum absolute atomic E-state index is 0.00742. The topological polar surface area (TPSA) is 84.5 Å². The summed E-state index contributed by atoms with van der Waals surface area (Å²) in [6.45, 7) is 5.35. The van der Waals surface area contributed by atoms with Crippen LogP contribution in [0.5, 0.6) is 5.75 Å². The molecule has 0 aliphatic heterocycles. The molecule has 0 spiro atoms. The van der Waals surface area contributed by atoms with Crippen molar-refractivity contribution in [3.8, 4) is 5.75 Å². The molecule has 0 aliphatic carbocycles. The average molecular weight is 328 g/mol. The maximum atomic E-state index is 9.44. The van der Waals surface area contributed by atoms with Crippen LogP contribution in [0.4, 0.5) is 5.82 Å². The molecule has 0 aliphatic rings. The number of rotatable bonds is 7. The Morgan fingerprint density at radius 2 is 2.17 bits per heavy atom. The van der Waals surface area contributed by atoms with Crippen LogP contribution in [0.3, 0.4) is 0 Å². The predicted octanol–water partition coefficient (Wildman–Crippen LogP) is 2.32. The fourth-order valence-electron chi connectivity index (χ4n) is 2.58. The molecule has 126 valence electrons. The van der Waals surface area contributed by atoms with Gasteiger partial charge in [-0.3, -0.25) is 0 Å². The highest BCUT2D eigenvalue weighted by Gasteiger charge is 2.17. The Kier molecular flexibility index (Phi) is 4.90. The molecule has 1 N–H and O–H groups in total. The first-order valence-corrected chi connectivity index (χ1v) is 7.87. The highest BCUT2D eigenvalue weighted by Crippen LogP contribution is 2.25. The number of benzene rings is 1. The summed E-state index contributed by atoms with van der Waals surface area (Å²) in [5.41, 5.74) is 2.11. The molecule has 7 heteroatoms. The van der Waals surface area contributed by atoms with Crippen LogP contribution in [0.15, 0.2) is 35.0 Å². The summed E-state index contributed by atoms with van der Waals surface area (Å²) in [5.74, 6) is 2.01. The Bertz CT molecular complexity index is 818. The molecule has 3 aromatic rings. The lowest BCUT2D eigenvalue weighted by molar-refractivity contribution is 0.301. The quantitative estimate of drug-likeness (QED) is 0.712. The molecule has 0 fully saturated rings. The highest BCUT2D eigenvalue weighted by molar-refractivity contribution is 5.81. The summed E-state index contributed by atoms with van der Waals surface area (Å²) in [6.07, 6.45) is 1.45. The van der Waals surface area contributed by atoms with Gasteiger partial charge in [0, 0.05) is 20.0 Å². The second-order valence-electron chi connectivity index (χ2n) is 5.31. The molecular formula is C17H20N4O3. The van der Waals surface area contributed by atoms with Crippen molar-refractivity contribution in [3.63, 3.8) is 0 Å². The van der Waals surface area contributed by atoms with E-state index in [0.29, 0.717) is 42.6 Å². The van der Waals surface area contributed by atoms with Crippen molar-refractivity contribution < 1.29 is 14.3 Å². The number of aliphatic hydroxyl groups excluding tert-OH is 1. The van der Waals surface area contributed by atoms with Crippen LogP contribution in [0, 0.1) is 6.92 Å². The van der Waals surface area contributed by atoms with Crippen molar-refractivity contribution >= 4 is 17.0 Å². The predicted molar refractivity (Wildman–Crippen MR) is 90.1 cm³/mol. The van der Waals surface area contributed by atoms with E-state index < -0.39 is 0 Å². The van der Waals surface area contributed by atoms with Gasteiger partial charge in [-0.1, -0.05) is 12.1 Å². The van der Waals surface area contributed by atoms with Crippen LogP contribution < -0.4 is 9.64 Å². The number of hydrogen-bond acceptors (Lipinski definition) is 7. The van der Waals surface area contributed by atoms with Gasteiger partial charge in [0.15, 0.2) is 17.2 Å². The number of oxazole rings is 1. The van der Waals surface area contributed by atoms with Gasteiger partial charge in [-0.05, 0) is 24.6 Å². The van der Waals surface area contributed by atoms with E-state index in [4.69, 9.17) is 9.15 Å². The molecule has 2 heterocycles. The monoisotopic (exact) mass is 328 g/mol. The lowest BCUT2D eigenvalue weighted by Crippen LogP contribution is -2.27. The van der Waals surface area contributed by atoms with Crippen LogP contribution in [0.1, 0.15) is 18.4 Å². The Balaban J connectivity index is 1.93. The van der Waals surface area contributed by atoms with Gasteiger partial charge in [0.05, 0.1) is 13.2 Å². The van der Waals surface area contributed by atoms with Crippen molar-refractivity contribution in [3.05, 3.63) is 42.0 Å². The summed E-state index contributed by atoms with van der Waals surface area (Å²) in [5, 5.41) is 9.44. The zero-order valence-corrected chi connectivity index (χ0v) is 13.8. The van der Waals surface area contributed by atoms with E-state index in [1.54, 1.807) is 6.92 Å². The number of aliphatic hydroxyl groups is 1. The highest BCUT2D eigenvalue weighted by atomic mass is 16.5. The molecule has 0 radical (unpaired) electrons. The number of nitrogens with zero attached hydrogens (tertiary/aromatic N) is 4. The molecule has 0 saturated carbocycles. The second kappa shape index (κ2) is 7.27. The van der Waals surface area contributed by atoms with E-state index in [1.807, 2.05) is 36.1 Å². The lowest BCUT2D eigenvalue weighted by atomic mass is 10.2. The number of aryl methyl sites for hydroxylation is 1. The fraction of sp³-hybridized carbons (Fsp3) is 0.353. The van der Waals surface area contributed by atoms with Crippen molar-refractivity contribution in [2.24, 2.45) is 0 Å². The van der Waals surface area contributed by atoms with Crippen molar-refractivity contribution in [1.29, 1.82) is 0 Å². The van der Waals surface area contributed by atoms with Gasteiger partial charge in [0.1, 0.15) is 12.1 Å². The molecule has 0 amide bonds. The summed E-state index contributed by atoms with van der Waals surface area (Å²) in [4.78, 5) is 14.8. The normalized spacial score (nSPS) is 11.0. The second-order valence-corrected chi connectivity index (χ2v) is 5.31. The molecule has 1 aromatic carbocycles. The van der Waals surface area contributed by atoms with Crippen LogP contribution in [-0.4, -0.2) is 39.8 Å². The van der Waals surface area contributed by atoms with Crippen molar-refractivity contribution in [1.82, 2.24) is 15.0 Å². The molecule has 0 bridgehead atoms. The Morgan fingerprint density at radius 1 is 1.29 bits per heavy atom. The summed E-state index contributed by atoms with van der Waals surface area (Å²) in [6, 6.07) is 7.88. The maximum absolute atomic E-state index is 9.44. The molecule has 7 nitrogen and oxygen atoms in total. The fourth-order valence-corrected chi connectivity index (χ4v) is 2.58. The Hall–Kier alpha value is -2.67. The molecule has 3 rings (SSSR count). The Morgan fingerprint density at radius 3 is 2.96 bits per heavy atom. The van der Waals surface area contributed by atoms with Crippen LogP contribution in [0.2, 0.25) is 0 Å². The molecule has 24 heavy (non-hydrogen) atoms. The SMILES string of the molecule is CCOc1cccc(CN(CCO)c2ncnc3oc(C)nc23)c1. The Labute approximate surface area is 139 Å². The molecule has 2 aromatic heterocycles. The van der Waals surface area contributed by atoms with Crippen molar-refractivity contribution in [2.45, 2.75) is 20.4 Å². The summed E-state index contributed by atoms with van der Waals surface area (Å²) < 4.78 is 11.0. The third kappa shape index (κ3) is 3.46. The third-order valence-corrected chi connectivity index (χ3v) is 3.54. The first-order valence-electron chi connectivity index (χ1n) is 7.87. The molecule has 0 unspecified atom stereocenters. The molecular weight excluding hydrogens is 308 g/mol. The summed E-state index contributed by atoms with van der Waals surface area (Å²) >= 11 is 0. The number of ether oxygens (including phenoxy) is 1. The average Bonchev–Trinajstić information content (AvgIpc) is 2.95. The standard InChI is InChI=1S/C17H20N4O3/c1-3-23-14-6-4-5-13(9-14)10-21(7-8-22)16-15-17(19-11-18-16)24-12(2)20-15/h4-6,9,11,22H,3,7-8,10H2,1-2H3. The molecule has 0 atom stereocenters. The van der Waals surface area contributed by atoms with E-state index in [1.165, 1.54) is 6.33 Å². The van der Waals surface area contributed by atoms with Gasteiger partial charge < -0.3 is 19.2 Å². The number of hydrogen-bond donors (Lipinski definition) is 1. The summed E-state index contributed by atoms with van der Waals surface area (Å²) in [7, 11) is 0. The van der Waals surface area contributed by atoms with Crippen molar-refractivity contribution in [2.75, 3.05) is 24.7 Å². The smallest absolute Gasteiger partial charge is 0.252 e. The van der Waals surface area contributed by atoms with Gasteiger partial charge in [0.2, 0.25) is 0 Å².